The van der Waals surface area contributed by atoms with Gasteiger partial charge in [-0.3, -0.25) is 4.79 Å². The lowest BCUT2D eigenvalue weighted by Gasteiger charge is -2.14. The Hall–Kier alpha value is -2.04. The zero-order valence-electron chi connectivity index (χ0n) is 9.02. The van der Waals surface area contributed by atoms with Crippen molar-refractivity contribution in [3.63, 3.8) is 0 Å². The first kappa shape index (κ1) is 12.0. The van der Waals surface area contributed by atoms with Gasteiger partial charge in [0.05, 0.1) is 11.5 Å². The van der Waals surface area contributed by atoms with Crippen molar-refractivity contribution < 1.29 is 19.8 Å². The van der Waals surface area contributed by atoms with E-state index in [1.807, 2.05) is 0 Å². The molecule has 4 N–H and O–H groups in total. The maximum atomic E-state index is 11.0. The molecule has 0 aliphatic carbocycles. The van der Waals surface area contributed by atoms with Crippen LogP contribution in [0.4, 0.5) is 5.69 Å². The minimum Gasteiger partial charge on any atom is -0.481 e. The van der Waals surface area contributed by atoms with Crippen LogP contribution in [0, 0.1) is 6.92 Å². The summed E-state index contributed by atoms with van der Waals surface area (Å²) in [7, 11) is 0. The van der Waals surface area contributed by atoms with Crippen molar-refractivity contribution >= 4 is 17.6 Å². The average molecular weight is 223 g/mol. The van der Waals surface area contributed by atoms with E-state index in [0.717, 1.165) is 0 Å². The van der Waals surface area contributed by atoms with Crippen LogP contribution in [0.15, 0.2) is 12.1 Å². The molecule has 1 rings (SSSR count). The number of carbonyl (C=O) groups is 2. The molecule has 5 heteroatoms. The largest absolute Gasteiger partial charge is 0.481 e. The summed E-state index contributed by atoms with van der Waals surface area (Å²) >= 11 is 0. The van der Waals surface area contributed by atoms with E-state index < -0.39 is 17.9 Å². The Morgan fingerprint density at radius 2 is 1.88 bits per heavy atom. The van der Waals surface area contributed by atoms with Crippen molar-refractivity contribution in [2.24, 2.45) is 0 Å². The Morgan fingerprint density at radius 3 is 2.31 bits per heavy atom. The van der Waals surface area contributed by atoms with Crippen LogP contribution in [0.1, 0.15) is 34.3 Å². The number of nitrogen functional groups attached to an aromatic ring is 1. The number of anilines is 1. The van der Waals surface area contributed by atoms with E-state index in [2.05, 4.69) is 0 Å². The maximum Gasteiger partial charge on any atom is 0.338 e. The van der Waals surface area contributed by atoms with Crippen LogP contribution in [-0.2, 0) is 4.79 Å². The third-order valence-corrected chi connectivity index (χ3v) is 2.59. The average Bonchev–Trinajstić information content (AvgIpc) is 2.16. The maximum absolute atomic E-state index is 11.0. The second kappa shape index (κ2) is 4.22. The van der Waals surface area contributed by atoms with Crippen LogP contribution in [-0.4, -0.2) is 22.2 Å². The van der Waals surface area contributed by atoms with Crippen molar-refractivity contribution in [2.45, 2.75) is 19.8 Å². The Kier molecular flexibility index (Phi) is 3.17. The second-order valence-corrected chi connectivity index (χ2v) is 3.61. The molecular weight excluding hydrogens is 210 g/mol. The van der Waals surface area contributed by atoms with Gasteiger partial charge in [0.2, 0.25) is 0 Å². The van der Waals surface area contributed by atoms with Gasteiger partial charge in [0.25, 0.3) is 0 Å². The van der Waals surface area contributed by atoms with E-state index in [1.54, 1.807) is 13.0 Å². The first-order valence-electron chi connectivity index (χ1n) is 4.71. The van der Waals surface area contributed by atoms with Crippen molar-refractivity contribution in [3.05, 3.63) is 28.8 Å². The molecule has 0 fully saturated rings. The van der Waals surface area contributed by atoms with Gasteiger partial charge in [-0.1, -0.05) is 6.07 Å². The van der Waals surface area contributed by atoms with Gasteiger partial charge in [0, 0.05) is 5.69 Å². The predicted molar refractivity (Wildman–Crippen MR) is 58.6 cm³/mol. The normalized spacial score (nSPS) is 12.1. The molecule has 5 nitrogen and oxygen atoms in total. The van der Waals surface area contributed by atoms with Crippen molar-refractivity contribution in [1.82, 2.24) is 0 Å². The highest BCUT2D eigenvalue weighted by atomic mass is 16.4. The van der Waals surface area contributed by atoms with Crippen LogP contribution in [0.2, 0.25) is 0 Å². The molecule has 0 bridgehead atoms. The molecule has 0 aliphatic heterocycles. The fourth-order valence-electron chi connectivity index (χ4n) is 1.63. The van der Waals surface area contributed by atoms with Crippen LogP contribution < -0.4 is 5.73 Å². The zero-order chi connectivity index (χ0) is 12.5. The van der Waals surface area contributed by atoms with Crippen molar-refractivity contribution in [1.29, 1.82) is 0 Å². The second-order valence-electron chi connectivity index (χ2n) is 3.61. The fraction of sp³-hybridized carbons (Fsp3) is 0.273. The fourth-order valence-corrected chi connectivity index (χ4v) is 1.63. The van der Waals surface area contributed by atoms with Crippen LogP contribution >= 0.6 is 0 Å². The van der Waals surface area contributed by atoms with Gasteiger partial charge in [-0.2, -0.15) is 0 Å². The zero-order valence-corrected chi connectivity index (χ0v) is 9.02. The number of benzene rings is 1. The summed E-state index contributed by atoms with van der Waals surface area (Å²) in [6.45, 7) is 3.07. The van der Waals surface area contributed by atoms with Gasteiger partial charge in [0.1, 0.15) is 0 Å². The third kappa shape index (κ3) is 1.98. The first-order valence-corrected chi connectivity index (χ1v) is 4.71. The summed E-state index contributed by atoms with van der Waals surface area (Å²) in [5.41, 5.74) is 6.54. The molecule has 0 aliphatic rings. The molecule has 0 spiro atoms. The highest BCUT2D eigenvalue weighted by molar-refractivity contribution is 5.96. The van der Waals surface area contributed by atoms with Gasteiger partial charge in [-0.25, -0.2) is 4.79 Å². The molecule has 1 atom stereocenters. The summed E-state index contributed by atoms with van der Waals surface area (Å²) in [4.78, 5) is 21.8. The number of aliphatic carboxylic acids is 1. The number of aromatic carboxylic acids is 1. The quantitative estimate of drug-likeness (QED) is 0.673. The number of hydrogen-bond donors (Lipinski definition) is 3. The van der Waals surface area contributed by atoms with Crippen LogP contribution in [0.3, 0.4) is 0 Å². The van der Waals surface area contributed by atoms with Gasteiger partial charge >= 0.3 is 11.9 Å². The van der Waals surface area contributed by atoms with Crippen LogP contribution in [0.25, 0.3) is 0 Å². The van der Waals surface area contributed by atoms with E-state index in [4.69, 9.17) is 15.9 Å². The number of carboxylic acids is 2. The molecule has 0 saturated heterocycles. The molecule has 1 unspecified atom stereocenters. The van der Waals surface area contributed by atoms with E-state index in [-0.39, 0.29) is 11.3 Å². The third-order valence-electron chi connectivity index (χ3n) is 2.59. The summed E-state index contributed by atoms with van der Waals surface area (Å²) < 4.78 is 0. The molecule has 0 aromatic heterocycles. The molecule has 1 aromatic carbocycles. The Labute approximate surface area is 92.5 Å². The molecule has 1 aromatic rings. The summed E-state index contributed by atoms with van der Waals surface area (Å²) in [5, 5.41) is 17.8. The summed E-state index contributed by atoms with van der Waals surface area (Å²) in [6, 6.07) is 2.97. The highest BCUT2D eigenvalue weighted by Gasteiger charge is 2.21. The molecular formula is C11H13NO4. The smallest absolute Gasteiger partial charge is 0.338 e. The molecule has 0 heterocycles. The minimum atomic E-state index is -1.14. The van der Waals surface area contributed by atoms with Crippen molar-refractivity contribution in [3.8, 4) is 0 Å². The summed E-state index contributed by atoms with van der Waals surface area (Å²) in [6.07, 6.45) is 0. The highest BCUT2D eigenvalue weighted by Crippen LogP contribution is 2.26. The van der Waals surface area contributed by atoms with E-state index in [0.29, 0.717) is 11.1 Å². The predicted octanol–water partition coefficient (Wildman–Crippen LogP) is 1.46. The molecule has 86 valence electrons. The molecule has 0 saturated carbocycles. The SMILES string of the molecule is Cc1c(C(C)C(=O)O)ccc(N)c1C(=O)O. The van der Waals surface area contributed by atoms with Gasteiger partial charge in [-0.05, 0) is 31.0 Å². The Bertz CT molecular complexity index is 454. The minimum absolute atomic E-state index is 0.0226. The monoisotopic (exact) mass is 223 g/mol. The number of nitrogens with two attached hydrogens (primary N) is 1. The van der Waals surface area contributed by atoms with E-state index in [1.165, 1.54) is 13.0 Å². The number of rotatable bonds is 3. The lowest BCUT2D eigenvalue weighted by Crippen LogP contribution is -2.13. The molecule has 16 heavy (non-hydrogen) atoms. The van der Waals surface area contributed by atoms with Crippen LogP contribution in [0.5, 0.6) is 0 Å². The van der Waals surface area contributed by atoms with E-state index >= 15 is 0 Å². The summed E-state index contributed by atoms with van der Waals surface area (Å²) in [5.74, 6) is -2.89. The molecule has 0 radical (unpaired) electrons. The van der Waals surface area contributed by atoms with Gasteiger partial charge in [-0.15, -0.1) is 0 Å². The number of hydrogen-bond acceptors (Lipinski definition) is 3. The van der Waals surface area contributed by atoms with Gasteiger partial charge in [0.15, 0.2) is 0 Å². The first-order chi connectivity index (χ1) is 7.36. The lowest BCUT2D eigenvalue weighted by atomic mass is 9.92. The molecule has 0 amide bonds. The standard InChI is InChI=1S/C11H13NO4/c1-5-7(6(2)10(13)14)3-4-8(12)9(5)11(15)16/h3-4,6H,12H2,1-2H3,(H,13,14)(H,15,16). The Morgan fingerprint density at radius 1 is 1.31 bits per heavy atom. The van der Waals surface area contributed by atoms with E-state index in [9.17, 15) is 9.59 Å². The van der Waals surface area contributed by atoms with Gasteiger partial charge < -0.3 is 15.9 Å². The van der Waals surface area contributed by atoms with Crippen molar-refractivity contribution in [2.75, 3.05) is 5.73 Å². The number of carboxylic acid groups (broad SMARTS) is 2. The topological polar surface area (TPSA) is 101 Å². The Balaban J connectivity index is 3.40. The lowest BCUT2D eigenvalue weighted by molar-refractivity contribution is -0.138.